The van der Waals surface area contributed by atoms with Crippen molar-refractivity contribution in [2.75, 3.05) is 7.11 Å². The maximum absolute atomic E-state index is 13.5. The highest BCUT2D eigenvalue weighted by atomic mass is 35.5. The van der Waals surface area contributed by atoms with E-state index >= 15 is 0 Å². The molecule has 33 heavy (non-hydrogen) atoms. The van der Waals surface area contributed by atoms with E-state index < -0.39 is 36.0 Å². The molecule has 3 rings (SSSR count). The molecule has 0 bridgehead atoms. The third-order valence-corrected chi connectivity index (χ3v) is 4.72. The number of nitrogens with zero attached hydrogens (tertiary/aromatic N) is 1. The van der Waals surface area contributed by atoms with Gasteiger partial charge in [-0.05, 0) is 35.9 Å². The van der Waals surface area contributed by atoms with Crippen LogP contribution in [0.25, 0.3) is 6.08 Å². The van der Waals surface area contributed by atoms with Gasteiger partial charge in [-0.2, -0.15) is 26.3 Å². The second-order valence-corrected chi connectivity index (χ2v) is 7.07. The maximum atomic E-state index is 13.5. The summed E-state index contributed by atoms with van der Waals surface area (Å²) in [6.45, 7) is 0. The molecule has 1 aliphatic heterocycles. The highest BCUT2D eigenvalue weighted by molar-refractivity contribution is 6.31. The highest BCUT2D eigenvalue weighted by Crippen LogP contribution is 2.40. The molecule has 0 spiro atoms. The van der Waals surface area contributed by atoms with Gasteiger partial charge in [0.1, 0.15) is 11.5 Å². The Hall–Kier alpha value is -3.28. The lowest BCUT2D eigenvalue weighted by Crippen LogP contribution is -2.42. The molecule has 0 radical (unpaired) electrons. The number of carbonyl (C=O) groups is 2. The zero-order chi connectivity index (χ0) is 24.6. The Morgan fingerprint density at radius 2 is 1.85 bits per heavy atom. The number of aromatic nitrogens is 1. The lowest BCUT2D eigenvalue weighted by atomic mass is 9.98. The first-order chi connectivity index (χ1) is 15.3. The summed E-state index contributed by atoms with van der Waals surface area (Å²) in [5.74, 6) is -4.95. The standard InChI is InChI=1S/C20H12ClF6NO5/c1-31-12-3-2-11(28-8-12)4-9-7-15-10(6-14(9)21)5-13(16(32-15)19(22,23)24)17(29)33-18(30)20(25,26)27/h2-3,5-8,16H,4H2,1H3. The molecule has 0 aliphatic carbocycles. The minimum Gasteiger partial charge on any atom is -0.495 e. The number of halogens is 7. The van der Waals surface area contributed by atoms with Crippen molar-refractivity contribution >= 4 is 29.6 Å². The molecule has 1 unspecified atom stereocenters. The van der Waals surface area contributed by atoms with Crippen molar-refractivity contribution in [1.29, 1.82) is 0 Å². The predicted molar refractivity (Wildman–Crippen MR) is 101 cm³/mol. The van der Waals surface area contributed by atoms with E-state index in [-0.39, 0.29) is 22.8 Å². The van der Waals surface area contributed by atoms with Gasteiger partial charge in [-0.1, -0.05) is 11.6 Å². The Bertz CT molecular complexity index is 1110. The van der Waals surface area contributed by atoms with Crippen LogP contribution in [0.3, 0.4) is 0 Å². The van der Waals surface area contributed by atoms with Crippen LogP contribution in [-0.2, 0) is 20.7 Å². The van der Waals surface area contributed by atoms with Crippen molar-refractivity contribution in [2.45, 2.75) is 24.9 Å². The van der Waals surface area contributed by atoms with E-state index in [1.807, 2.05) is 0 Å². The van der Waals surface area contributed by atoms with Gasteiger partial charge >= 0.3 is 24.3 Å². The fraction of sp³-hybridized carbons (Fsp3) is 0.250. The summed E-state index contributed by atoms with van der Waals surface area (Å²) in [7, 11) is 1.45. The highest BCUT2D eigenvalue weighted by Gasteiger charge is 2.51. The van der Waals surface area contributed by atoms with Gasteiger partial charge in [0.05, 0.1) is 18.9 Å². The van der Waals surface area contributed by atoms with Crippen LogP contribution < -0.4 is 9.47 Å². The molecule has 2 heterocycles. The average molecular weight is 496 g/mol. The van der Waals surface area contributed by atoms with Crippen molar-refractivity contribution < 1.29 is 50.1 Å². The van der Waals surface area contributed by atoms with Crippen molar-refractivity contribution in [3.05, 3.63) is 57.9 Å². The van der Waals surface area contributed by atoms with Crippen LogP contribution in [0.2, 0.25) is 5.02 Å². The van der Waals surface area contributed by atoms with Crippen LogP contribution in [0.15, 0.2) is 36.0 Å². The van der Waals surface area contributed by atoms with E-state index in [1.165, 1.54) is 25.4 Å². The fourth-order valence-electron chi connectivity index (χ4n) is 2.84. The number of carbonyl (C=O) groups excluding carboxylic acids is 2. The van der Waals surface area contributed by atoms with E-state index in [9.17, 15) is 35.9 Å². The number of hydrogen-bond acceptors (Lipinski definition) is 6. The molecule has 0 saturated carbocycles. The van der Waals surface area contributed by atoms with E-state index in [0.717, 1.165) is 0 Å². The van der Waals surface area contributed by atoms with Gasteiger partial charge < -0.3 is 14.2 Å². The van der Waals surface area contributed by atoms with Gasteiger partial charge in [0, 0.05) is 22.7 Å². The van der Waals surface area contributed by atoms with E-state index in [2.05, 4.69) is 9.72 Å². The van der Waals surface area contributed by atoms with Crippen LogP contribution in [0.4, 0.5) is 26.3 Å². The Balaban J connectivity index is 1.95. The van der Waals surface area contributed by atoms with Gasteiger partial charge in [-0.15, -0.1) is 0 Å². The Kier molecular flexibility index (Phi) is 6.59. The van der Waals surface area contributed by atoms with Crippen molar-refractivity contribution in [3.8, 4) is 11.5 Å². The maximum Gasteiger partial charge on any atom is 0.491 e. The average Bonchev–Trinajstić information content (AvgIpc) is 2.72. The number of alkyl halides is 6. The molecule has 1 atom stereocenters. The molecule has 1 aliphatic rings. The topological polar surface area (TPSA) is 74.7 Å². The van der Waals surface area contributed by atoms with Gasteiger partial charge in [0.15, 0.2) is 0 Å². The molecule has 0 amide bonds. The Labute approximate surface area is 186 Å². The van der Waals surface area contributed by atoms with E-state index in [0.29, 0.717) is 23.1 Å². The monoisotopic (exact) mass is 495 g/mol. The summed E-state index contributed by atoms with van der Waals surface area (Å²) >= 11 is 6.19. The number of ether oxygens (including phenoxy) is 3. The summed E-state index contributed by atoms with van der Waals surface area (Å²) in [5, 5.41) is 0.0655. The third-order valence-electron chi connectivity index (χ3n) is 4.37. The lowest BCUT2D eigenvalue weighted by Gasteiger charge is -2.28. The Morgan fingerprint density at radius 1 is 1.15 bits per heavy atom. The van der Waals surface area contributed by atoms with Gasteiger partial charge in [0.2, 0.25) is 6.10 Å². The third kappa shape index (κ3) is 5.56. The molecule has 2 aromatic rings. The van der Waals surface area contributed by atoms with Crippen molar-refractivity contribution in [2.24, 2.45) is 0 Å². The number of fused-ring (bicyclic) bond motifs is 1. The minimum absolute atomic E-state index is 0.0655. The number of rotatable bonds is 4. The molecule has 0 fully saturated rings. The van der Waals surface area contributed by atoms with Gasteiger partial charge in [0.25, 0.3) is 0 Å². The molecule has 1 aromatic carbocycles. The number of esters is 2. The largest absolute Gasteiger partial charge is 0.495 e. The first kappa shape index (κ1) is 24.4. The number of hydrogen-bond donors (Lipinski definition) is 0. The van der Waals surface area contributed by atoms with Crippen LogP contribution in [0.5, 0.6) is 11.5 Å². The quantitative estimate of drug-likeness (QED) is 0.348. The molecule has 13 heteroatoms. The molecular formula is C20H12ClF6NO5. The number of methoxy groups -OCH3 is 1. The summed E-state index contributed by atoms with van der Waals surface area (Å²) in [6.07, 6.45) is -11.6. The Morgan fingerprint density at radius 3 is 2.39 bits per heavy atom. The second-order valence-electron chi connectivity index (χ2n) is 6.66. The van der Waals surface area contributed by atoms with Crippen molar-refractivity contribution in [3.63, 3.8) is 0 Å². The van der Waals surface area contributed by atoms with E-state index in [1.54, 1.807) is 12.1 Å². The summed E-state index contributed by atoms with van der Waals surface area (Å²) < 4.78 is 90.9. The summed E-state index contributed by atoms with van der Waals surface area (Å²) in [6, 6.07) is 5.59. The molecule has 1 aromatic heterocycles. The van der Waals surface area contributed by atoms with Crippen LogP contribution in [0, 0.1) is 0 Å². The molecule has 6 nitrogen and oxygen atoms in total. The van der Waals surface area contributed by atoms with Crippen LogP contribution >= 0.6 is 11.6 Å². The van der Waals surface area contributed by atoms with Crippen LogP contribution in [0.1, 0.15) is 16.8 Å². The number of benzene rings is 1. The molecule has 0 N–H and O–H groups in total. The summed E-state index contributed by atoms with van der Waals surface area (Å²) in [5.41, 5.74) is -0.626. The lowest BCUT2D eigenvalue weighted by molar-refractivity contribution is -0.204. The summed E-state index contributed by atoms with van der Waals surface area (Å²) in [4.78, 5) is 26.9. The SMILES string of the molecule is COc1ccc(Cc2cc3c(cc2Cl)C=C(C(=O)OC(=O)C(F)(F)F)C(C(F)(F)F)O3)nc1. The van der Waals surface area contributed by atoms with E-state index in [4.69, 9.17) is 21.1 Å². The van der Waals surface area contributed by atoms with Crippen LogP contribution in [-0.4, -0.2) is 42.5 Å². The smallest absolute Gasteiger partial charge is 0.491 e. The minimum atomic E-state index is -5.58. The first-order valence-corrected chi connectivity index (χ1v) is 9.27. The zero-order valence-electron chi connectivity index (χ0n) is 16.4. The molecule has 0 saturated heterocycles. The van der Waals surface area contributed by atoms with Gasteiger partial charge in [-0.25, -0.2) is 9.59 Å². The fourth-order valence-corrected chi connectivity index (χ4v) is 3.08. The normalized spacial score (nSPS) is 15.8. The molecular weight excluding hydrogens is 484 g/mol. The second kappa shape index (κ2) is 8.93. The predicted octanol–water partition coefficient (Wildman–Crippen LogP) is 4.67. The molecule has 176 valence electrons. The van der Waals surface area contributed by atoms with Gasteiger partial charge in [-0.3, -0.25) is 4.98 Å². The zero-order valence-corrected chi connectivity index (χ0v) is 17.1. The van der Waals surface area contributed by atoms with Crippen molar-refractivity contribution in [1.82, 2.24) is 4.98 Å². The first-order valence-electron chi connectivity index (χ1n) is 8.89. The number of pyridine rings is 1.